The Morgan fingerprint density at radius 1 is 1.45 bits per heavy atom. The maximum Gasteiger partial charge on any atom is 0.329 e. The Kier molecular flexibility index (Phi) is 3.87. The molecule has 2 N–H and O–H groups in total. The van der Waals surface area contributed by atoms with E-state index in [-0.39, 0.29) is 30.3 Å². The lowest BCUT2D eigenvalue weighted by atomic mass is 9.95. The number of carboxylic acid groups (broad SMARTS) is 1. The number of aromatic hydroxyl groups is 1. The number of rotatable bonds is 4. The summed E-state index contributed by atoms with van der Waals surface area (Å²) in [5, 5.41) is 18.6. The Morgan fingerprint density at radius 2 is 2.10 bits per heavy atom. The quantitative estimate of drug-likeness (QED) is 0.876. The normalized spacial score (nSPS) is 16.6. The van der Waals surface area contributed by atoms with Crippen LogP contribution in [0.15, 0.2) is 18.2 Å². The number of ether oxygens (including phenoxy) is 1. The maximum absolute atomic E-state index is 12.2. The van der Waals surface area contributed by atoms with Gasteiger partial charge in [-0.25, -0.2) is 4.79 Å². The lowest BCUT2D eigenvalue weighted by Gasteiger charge is -2.47. The van der Waals surface area contributed by atoms with E-state index in [1.165, 1.54) is 23.1 Å². The van der Waals surface area contributed by atoms with Crippen LogP contribution in [0.3, 0.4) is 0 Å². The average molecular weight is 300 g/mol. The van der Waals surface area contributed by atoms with Crippen LogP contribution in [0.5, 0.6) is 5.75 Å². The summed E-state index contributed by atoms with van der Waals surface area (Å²) in [5.41, 5.74) is -0.541. The smallest absolute Gasteiger partial charge is 0.329 e. The van der Waals surface area contributed by atoms with Crippen molar-refractivity contribution in [2.75, 3.05) is 19.7 Å². The van der Waals surface area contributed by atoms with Crippen LogP contribution in [0.1, 0.15) is 17.3 Å². The van der Waals surface area contributed by atoms with Gasteiger partial charge >= 0.3 is 5.97 Å². The SMILES string of the molecule is CC1(OCC(=O)O)CN(C(=O)c2cc(Cl)ccc2O)C1. The molecular formula is C13H14ClNO5. The van der Waals surface area contributed by atoms with Crippen molar-refractivity contribution >= 4 is 23.5 Å². The molecule has 1 aliphatic heterocycles. The van der Waals surface area contributed by atoms with E-state index in [2.05, 4.69) is 0 Å². The van der Waals surface area contributed by atoms with Gasteiger partial charge in [0, 0.05) is 5.02 Å². The topological polar surface area (TPSA) is 87.1 Å². The number of halogens is 1. The van der Waals surface area contributed by atoms with E-state index in [0.717, 1.165) is 0 Å². The number of carboxylic acids is 1. The molecule has 0 aromatic heterocycles. The zero-order chi connectivity index (χ0) is 14.9. The fourth-order valence-electron chi connectivity index (χ4n) is 2.08. The molecule has 20 heavy (non-hydrogen) atoms. The molecular weight excluding hydrogens is 286 g/mol. The van der Waals surface area contributed by atoms with E-state index in [9.17, 15) is 14.7 Å². The van der Waals surface area contributed by atoms with Gasteiger partial charge in [-0.2, -0.15) is 0 Å². The van der Waals surface area contributed by atoms with Gasteiger partial charge in [-0.05, 0) is 25.1 Å². The first-order valence-corrected chi connectivity index (χ1v) is 6.32. The number of nitrogens with zero attached hydrogens (tertiary/aromatic N) is 1. The molecule has 0 unspecified atom stereocenters. The summed E-state index contributed by atoms with van der Waals surface area (Å²) in [4.78, 5) is 24.1. The highest BCUT2D eigenvalue weighted by Gasteiger charge is 2.43. The van der Waals surface area contributed by atoms with E-state index >= 15 is 0 Å². The predicted octanol–water partition coefficient (Wildman–Crippen LogP) is 1.36. The molecule has 0 saturated carbocycles. The molecule has 108 valence electrons. The number of carbonyl (C=O) groups excluding carboxylic acids is 1. The third-order valence-corrected chi connectivity index (χ3v) is 3.31. The second-order valence-corrected chi connectivity index (χ2v) is 5.39. The van der Waals surface area contributed by atoms with Crippen molar-refractivity contribution in [3.63, 3.8) is 0 Å². The Hall–Kier alpha value is -1.79. The number of benzene rings is 1. The number of carbonyl (C=O) groups is 2. The third kappa shape index (κ3) is 3.02. The molecule has 1 fully saturated rings. The molecule has 7 heteroatoms. The maximum atomic E-state index is 12.2. The van der Waals surface area contributed by atoms with Crippen LogP contribution < -0.4 is 0 Å². The van der Waals surface area contributed by atoms with Gasteiger partial charge in [-0.1, -0.05) is 11.6 Å². The van der Waals surface area contributed by atoms with Crippen LogP contribution in [-0.4, -0.2) is 52.3 Å². The number of phenols is 1. The Labute approximate surface area is 120 Å². The van der Waals surface area contributed by atoms with Crippen molar-refractivity contribution in [2.45, 2.75) is 12.5 Å². The van der Waals surface area contributed by atoms with Gasteiger partial charge in [0.25, 0.3) is 5.91 Å². The summed E-state index contributed by atoms with van der Waals surface area (Å²) in [6.45, 7) is 1.87. The first-order chi connectivity index (χ1) is 9.31. The molecule has 2 rings (SSSR count). The molecule has 1 amide bonds. The van der Waals surface area contributed by atoms with Crippen LogP contribution >= 0.6 is 11.6 Å². The largest absolute Gasteiger partial charge is 0.507 e. The van der Waals surface area contributed by atoms with Crippen molar-refractivity contribution in [3.05, 3.63) is 28.8 Å². The van der Waals surface area contributed by atoms with E-state index in [1.807, 2.05) is 0 Å². The second kappa shape index (κ2) is 5.30. The first-order valence-electron chi connectivity index (χ1n) is 5.94. The number of hydrogen-bond acceptors (Lipinski definition) is 4. The Balaban J connectivity index is 2.00. The van der Waals surface area contributed by atoms with Gasteiger partial charge < -0.3 is 19.8 Å². The first kappa shape index (κ1) is 14.6. The minimum absolute atomic E-state index is 0.123. The second-order valence-electron chi connectivity index (χ2n) is 4.96. The molecule has 6 nitrogen and oxygen atoms in total. The fraction of sp³-hybridized carbons (Fsp3) is 0.385. The molecule has 0 atom stereocenters. The van der Waals surface area contributed by atoms with Crippen LogP contribution in [-0.2, 0) is 9.53 Å². The molecule has 1 heterocycles. The van der Waals surface area contributed by atoms with Gasteiger partial charge in [0.15, 0.2) is 0 Å². The summed E-state index contributed by atoms with van der Waals surface area (Å²) in [6.07, 6.45) is 0. The number of hydrogen-bond donors (Lipinski definition) is 2. The molecule has 0 radical (unpaired) electrons. The number of amides is 1. The van der Waals surface area contributed by atoms with Gasteiger partial charge in [-0.15, -0.1) is 0 Å². The Bertz CT molecular complexity index is 554. The van der Waals surface area contributed by atoms with Crippen molar-refractivity contribution in [1.82, 2.24) is 4.90 Å². The van der Waals surface area contributed by atoms with E-state index in [1.54, 1.807) is 6.92 Å². The van der Waals surface area contributed by atoms with Crippen LogP contribution in [0.2, 0.25) is 5.02 Å². The van der Waals surface area contributed by atoms with Gasteiger partial charge in [0.2, 0.25) is 0 Å². The number of likely N-dealkylation sites (tertiary alicyclic amines) is 1. The number of aliphatic carboxylic acids is 1. The Morgan fingerprint density at radius 3 is 2.70 bits per heavy atom. The van der Waals surface area contributed by atoms with Gasteiger partial charge in [-0.3, -0.25) is 4.79 Å². The highest BCUT2D eigenvalue weighted by molar-refractivity contribution is 6.31. The molecule has 0 spiro atoms. The molecule has 1 saturated heterocycles. The van der Waals surface area contributed by atoms with Crippen molar-refractivity contribution in [3.8, 4) is 5.75 Å². The molecule has 0 aliphatic carbocycles. The summed E-state index contributed by atoms with van der Waals surface area (Å²) >= 11 is 5.80. The van der Waals surface area contributed by atoms with Crippen molar-refractivity contribution in [1.29, 1.82) is 0 Å². The third-order valence-electron chi connectivity index (χ3n) is 3.07. The lowest BCUT2D eigenvalue weighted by molar-refractivity contribution is -0.159. The highest BCUT2D eigenvalue weighted by Crippen LogP contribution is 2.29. The predicted molar refractivity (Wildman–Crippen MR) is 71.0 cm³/mol. The summed E-state index contributed by atoms with van der Waals surface area (Å²) in [5.74, 6) is -1.55. The summed E-state index contributed by atoms with van der Waals surface area (Å²) in [6, 6.07) is 4.24. The molecule has 1 aromatic rings. The molecule has 0 bridgehead atoms. The van der Waals surface area contributed by atoms with Crippen molar-refractivity contribution in [2.24, 2.45) is 0 Å². The fourth-order valence-corrected chi connectivity index (χ4v) is 2.25. The number of phenolic OH excluding ortho intramolecular Hbond substituents is 1. The zero-order valence-electron chi connectivity index (χ0n) is 10.8. The van der Waals surface area contributed by atoms with E-state index in [0.29, 0.717) is 5.02 Å². The average Bonchev–Trinajstić information content (AvgIpc) is 2.35. The van der Waals surface area contributed by atoms with E-state index < -0.39 is 18.2 Å². The standard InChI is InChI=1S/C13H14ClNO5/c1-13(20-5-11(17)18)6-15(7-13)12(19)9-4-8(14)2-3-10(9)16/h2-4,16H,5-7H2,1H3,(H,17,18). The monoisotopic (exact) mass is 299 g/mol. The molecule has 1 aromatic carbocycles. The summed E-state index contributed by atoms with van der Waals surface area (Å²) in [7, 11) is 0. The van der Waals surface area contributed by atoms with Gasteiger partial charge in [0.05, 0.1) is 18.7 Å². The van der Waals surface area contributed by atoms with Crippen LogP contribution in [0, 0.1) is 0 Å². The van der Waals surface area contributed by atoms with Crippen LogP contribution in [0.25, 0.3) is 0 Å². The van der Waals surface area contributed by atoms with Crippen molar-refractivity contribution < 1.29 is 24.5 Å². The minimum atomic E-state index is -1.05. The summed E-state index contributed by atoms with van der Waals surface area (Å²) < 4.78 is 5.22. The van der Waals surface area contributed by atoms with Crippen LogP contribution in [0.4, 0.5) is 0 Å². The zero-order valence-corrected chi connectivity index (χ0v) is 11.6. The molecule has 1 aliphatic rings. The highest BCUT2D eigenvalue weighted by atomic mass is 35.5. The minimum Gasteiger partial charge on any atom is -0.507 e. The van der Waals surface area contributed by atoms with Gasteiger partial charge in [0.1, 0.15) is 18.0 Å². The van der Waals surface area contributed by atoms with E-state index in [4.69, 9.17) is 21.4 Å². The lowest BCUT2D eigenvalue weighted by Crippen LogP contribution is -2.63.